The van der Waals surface area contributed by atoms with Gasteiger partial charge in [-0.05, 0) is 48.9 Å². The molecule has 3 rings (SSSR count). The number of carbonyl (C=O) groups excluding carboxylic acids is 1. The second-order valence-electron chi connectivity index (χ2n) is 5.51. The molecule has 8 heteroatoms. The van der Waals surface area contributed by atoms with Crippen molar-refractivity contribution >= 4 is 23.4 Å². The van der Waals surface area contributed by atoms with Crippen molar-refractivity contribution in [2.75, 3.05) is 11.1 Å². The van der Waals surface area contributed by atoms with Gasteiger partial charge in [0.05, 0.1) is 5.75 Å². The highest BCUT2D eigenvalue weighted by atomic mass is 32.2. The normalized spacial score (nSPS) is 10.5. The van der Waals surface area contributed by atoms with E-state index in [0.29, 0.717) is 16.7 Å². The number of benzene rings is 2. The quantitative estimate of drug-likeness (QED) is 0.620. The molecule has 0 unspecified atom stereocenters. The summed E-state index contributed by atoms with van der Waals surface area (Å²) in [5.74, 6) is 0.914. The number of nitrogens with zero attached hydrogens (tertiary/aromatic N) is 2. The number of aromatic amines is 1. The topological polar surface area (TPSA) is 79.9 Å². The van der Waals surface area contributed by atoms with Gasteiger partial charge < -0.3 is 10.1 Å². The first kappa shape index (κ1) is 17.9. The van der Waals surface area contributed by atoms with Crippen LogP contribution < -0.4 is 10.1 Å². The summed E-state index contributed by atoms with van der Waals surface area (Å²) in [6.45, 7) is 2.26. The van der Waals surface area contributed by atoms with Crippen LogP contribution in [0.5, 0.6) is 5.75 Å². The molecule has 1 heterocycles. The van der Waals surface area contributed by atoms with Crippen molar-refractivity contribution in [3.8, 4) is 5.75 Å². The molecule has 3 aromatic rings. The largest absolute Gasteiger partial charge is 0.486 e. The lowest BCUT2D eigenvalue weighted by Crippen LogP contribution is -2.14. The summed E-state index contributed by atoms with van der Waals surface area (Å²) in [6, 6.07) is 13.3. The minimum atomic E-state index is -0.349. The Morgan fingerprint density at radius 2 is 2.08 bits per heavy atom. The van der Waals surface area contributed by atoms with Gasteiger partial charge in [-0.1, -0.05) is 23.9 Å². The minimum Gasteiger partial charge on any atom is -0.486 e. The van der Waals surface area contributed by atoms with Crippen LogP contribution >= 0.6 is 11.8 Å². The first-order valence-electron chi connectivity index (χ1n) is 7.87. The van der Waals surface area contributed by atoms with Crippen LogP contribution in [0.15, 0.2) is 53.7 Å². The fraction of sp³-hybridized carbons (Fsp3) is 0.167. The van der Waals surface area contributed by atoms with E-state index in [2.05, 4.69) is 20.5 Å². The lowest BCUT2D eigenvalue weighted by molar-refractivity contribution is -0.113. The Balaban J connectivity index is 1.45. The second kappa shape index (κ2) is 8.48. The highest BCUT2D eigenvalue weighted by Crippen LogP contribution is 2.16. The van der Waals surface area contributed by atoms with Crippen molar-refractivity contribution in [1.82, 2.24) is 15.2 Å². The zero-order valence-corrected chi connectivity index (χ0v) is 14.8. The van der Waals surface area contributed by atoms with Crippen LogP contribution in [0.3, 0.4) is 0 Å². The number of carbonyl (C=O) groups is 1. The van der Waals surface area contributed by atoms with Crippen molar-refractivity contribution in [2.24, 2.45) is 0 Å². The number of hydrogen-bond donors (Lipinski definition) is 2. The maximum absolute atomic E-state index is 12.8. The molecule has 1 aromatic heterocycles. The first-order chi connectivity index (χ1) is 12.6. The molecular weight excluding hydrogens is 355 g/mol. The number of anilines is 1. The number of amides is 1. The van der Waals surface area contributed by atoms with E-state index in [1.54, 1.807) is 0 Å². The molecule has 0 spiro atoms. The number of aryl methyl sites for hydroxylation is 1. The number of aromatic nitrogens is 3. The Kier molecular flexibility index (Phi) is 5.85. The van der Waals surface area contributed by atoms with Gasteiger partial charge in [-0.15, -0.1) is 5.10 Å². The van der Waals surface area contributed by atoms with E-state index < -0.39 is 0 Å². The van der Waals surface area contributed by atoms with Gasteiger partial charge in [0, 0.05) is 5.69 Å². The molecule has 0 fully saturated rings. The fourth-order valence-corrected chi connectivity index (χ4v) is 2.74. The van der Waals surface area contributed by atoms with Crippen LogP contribution in [-0.4, -0.2) is 26.8 Å². The number of nitrogens with one attached hydrogen (secondary N) is 2. The average Bonchev–Trinajstić information content (AvgIpc) is 3.08. The summed E-state index contributed by atoms with van der Waals surface area (Å²) in [6.07, 6.45) is 0. The van der Waals surface area contributed by atoms with Gasteiger partial charge in [-0.25, -0.2) is 9.37 Å². The van der Waals surface area contributed by atoms with Gasteiger partial charge in [0.2, 0.25) is 11.1 Å². The van der Waals surface area contributed by atoms with E-state index in [1.807, 2.05) is 31.2 Å². The Labute approximate surface area is 154 Å². The van der Waals surface area contributed by atoms with Gasteiger partial charge in [-0.2, -0.15) is 0 Å². The van der Waals surface area contributed by atoms with E-state index in [-0.39, 0.29) is 24.1 Å². The third kappa shape index (κ3) is 5.32. The van der Waals surface area contributed by atoms with Gasteiger partial charge >= 0.3 is 0 Å². The van der Waals surface area contributed by atoms with Crippen LogP contribution in [-0.2, 0) is 11.4 Å². The molecule has 0 bridgehead atoms. The third-order valence-corrected chi connectivity index (χ3v) is 4.18. The number of hydrogen-bond acceptors (Lipinski definition) is 5. The van der Waals surface area contributed by atoms with Crippen molar-refractivity contribution in [2.45, 2.75) is 18.7 Å². The number of H-pyrrole nitrogens is 1. The zero-order valence-electron chi connectivity index (χ0n) is 14.0. The zero-order chi connectivity index (χ0) is 18.4. The molecule has 0 radical (unpaired) electrons. The Morgan fingerprint density at radius 1 is 1.27 bits per heavy atom. The van der Waals surface area contributed by atoms with Gasteiger partial charge in [0.15, 0.2) is 5.82 Å². The fourth-order valence-electron chi connectivity index (χ4n) is 2.12. The summed E-state index contributed by atoms with van der Waals surface area (Å²) in [7, 11) is 0. The molecule has 1 amide bonds. The predicted molar refractivity (Wildman–Crippen MR) is 97.6 cm³/mol. The second-order valence-corrected chi connectivity index (χ2v) is 6.46. The third-order valence-electron chi connectivity index (χ3n) is 3.34. The van der Waals surface area contributed by atoms with Gasteiger partial charge in [0.1, 0.15) is 18.2 Å². The summed E-state index contributed by atoms with van der Waals surface area (Å²) in [5.41, 5.74) is 1.66. The summed E-state index contributed by atoms with van der Waals surface area (Å²) in [4.78, 5) is 16.2. The van der Waals surface area contributed by atoms with Crippen LogP contribution in [0, 0.1) is 12.7 Å². The molecule has 2 aromatic carbocycles. The van der Waals surface area contributed by atoms with Crippen LogP contribution in [0.4, 0.5) is 10.1 Å². The highest BCUT2D eigenvalue weighted by molar-refractivity contribution is 7.99. The molecule has 0 aliphatic carbocycles. The SMILES string of the molecule is Cc1cccc(OCc2nc(SCC(=O)Nc3ccc(F)cc3)n[nH]2)c1. The molecule has 0 atom stereocenters. The molecule has 26 heavy (non-hydrogen) atoms. The van der Waals surface area contributed by atoms with E-state index in [4.69, 9.17) is 4.74 Å². The molecule has 0 saturated carbocycles. The van der Waals surface area contributed by atoms with Crippen LogP contribution in [0.1, 0.15) is 11.4 Å². The standard InChI is InChI=1S/C18H17FN4O2S/c1-12-3-2-4-15(9-12)25-10-16-21-18(23-22-16)26-11-17(24)20-14-7-5-13(19)6-8-14/h2-9H,10-11H2,1H3,(H,20,24)(H,21,22,23). The van der Waals surface area contributed by atoms with Gasteiger partial charge in [-0.3, -0.25) is 9.89 Å². The minimum absolute atomic E-state index is 0.146. The maximum Gasteiger partial charge on any atom is 0.234 e. The summed E-state index contributed by atoms with van der Waals surface area (Å²) < 4.78 is 18.5. The van der Waals surface area contributed by atoms with Crippen molar-refractivity contribution in [1.29, 1.82) is 0 Å². The van der Waals surface area contributed by atoms with Crippen molar-refractivity contribution in [3.05, 3.63) is 65.7 Å². The maximum atomic E-state index is 12.8. The Morgan fingerprint density at radius 3 is 2.85 bits per heavy atom. The van der Waals surface area contributed by atoms with Crippen LogP contribution in [0.25, 0.3) is 0 Å². The molecule has 134 valence electrons. The van der Waals surface area contributed by atoms with Crippen LogP contribution in [0.2, 0.25) is 0 Å². The van der Waals surface area contributed by atoms with Crippen molar-refractivity contribution < 1.29 is 13.9 Å². The first-order valence-corrected chi connectivity index (χ1v) is 8.86. The van der Waals surface area contributed by atoms with Crippen molar-refractivity contribution in [3.63, 3.8) is 0 Å². The van der Waals surface area contributed by atoms with E-state index >= 15 is 0 Å². The molecule has 0 aliphatic rings. The van der Waals surface area contributed by atoms with E-state index in [1.165, 1.54) is 36.0 Å². The summed E-state index contributed by atoms with van der Waals surface area (Å²) >= 11 is 1.20. The molecular formula is C18H17FN4O2S. The Bertz CT molecular complexity index is 883. The Hall–Kier alpha value is -2.87. The number of thioether (sulfide) groups is 1. The highest BCUT2D eigenvalue weighted by Gasteiger charge is 2.09. The molecule has 0 saturated heterocycles. The smallest absolute Gasteiger partial charge is 0.234 e. The van der Waals surface area contributed by atoms with E-state index in [0.717, 1.165) is 11.3 Å². The molecule has 0 aliphatic heterocycles. The van der Waals surface area contributed by atoms with Gasteiger partial charge in [0.25, 0.3) is 0 Å². The van der Waals surface area contributed by atoms with E-state index in [9.17, 15) is 9.18 Å². The molecule has 2 N–H and O–H groups in total. The monoisotopic (exact) mass is 372 g/mol. The average molecular weight is 372 g/mol. The number of ether oxygens (including phenoxy) is 1. The lowest BCUT2D eigenvalue weighted by Gasteiger charge is -2.04. The molecule has 6 nitrogen and oxygen atoms in total. The number of rotatable bonds is 7. The number of halogens is 1. The summed E-state index contributed by atoms with van der Waals surface area (Å²) in [5, 5.41) is 9.99. The lowest BCUT2D eigenvalue weighted by atomic mass is 10.2. The predicted octanol–water partition coefficient (Wildman–Crippen LogP) is 3.56.